The Labute approximate surface area is 466 Å². The zero-order valence-electron chi connectivity index (χ0n) is 44.2. The van der Waals surface area contributed by atoms with Crippen molar-refractivity contribution >= 4 is 117 Å². The largest absolute Gasteiger partial charge is 0.505 e. The topological polar surface area (TPSA) is 246 Å². The second-order valence-electron chi connectivity index (χ2n) is 19.8. The Morgan fingerprint density at radius 3 is 1.56 bits per heavy atom. The van der Waals surface area contributed by atoms with Gasteiger partial charge in [0.2, 0.25) is 0 Å². The number of benzene rings is 10. The van der Waals surface area contributed by atoms with Gasteiger partial charge in [-0.25, -0.2) is 0 Å². The molecular formula is C66H44N10O6. The molecule has 0 saturated heterocycles. The lowest BCUT2D eigenvalue weighted by molar-refractivity contribution is 0.101. The SMILES string of the molecule is COc1ccc(NC(=O)c2cc3ccc4c5ccccc5[nH]c4c3c(N=Nc3ccc4c(c3)C(=C(C#N)C#N)c3cccc(N=Nc5c(O)c(C(=O)Nc6ccc(OC)cc6C)cc6ccc7c8ccccc8[nH]c7c56)c3-4)c2O)c(C)c1. The fourth-order valence-electron chi connectivity index (χ4n) is 11.2. The van der Waals surface area contributed by atoms with Crippen LogP contribution >= 0.6 is 0 Å². The molecule has 12 aromatic rings. The molecule has 0 radical (unpaired) electrons. The molecule has 0 saturated carbocycles. The first-order valence-electron chi connectivity index (χ1n) is 25.9. The molecule has 10 aromatic carbocycles. The number of phenolic OH excluding ortho intramolecular Hbond substituents is 2. The van der Waals surface area contributed by atoms with Crippen LogP contribution in [-0.2, 0) is 0 Å². The van der Waals surface area contributed by atoms with Gasteiger partial charge in [0, 0.05) is 65.9 Å². The molecule has 0 unspecified atom stereocenters. The van der Waals surface area contributed by atoms with E-state index < -0.39 is 23.3 Å². The van der Waals surface area contributed by atoms with E-state index in [1.807, 2.05) is 86.6 Å². The van der Waals surface area contributed by atoms with Crippen molar-refractivity contribution in [2.24, 2.45) is 20.5 Å². The van der Waals surface area contributed by atoms with Crippen LogP contribution in [-0.4, -0.2) is 46.2 Å². The molecule has 82 heavy (non-hydrogen) atoms. The zero-order chi connectivity index (χ0) is 56.5. The minimum Gasteiger partial charge on any atom is -0.505 e. The van der Waals surface area contributed by atoms with Gasteiger partial charge in [-0.05, 0) is 131 Å². The van der Waals surface area contributed by atoms with Gasteiger partial charge in [-0.3, -0.25) is 9.59 Å². The van der Waals surface area contributed by atoms with Crippen LogP contribution in [0.3, 0.4) is 0 Å². The maximum absolute atomic E-state index is 14.2. The van der Waals surface area contributed by atoms with Gasteiger partial charge in [0.05, 0.1) is 47.8 Å². The summed E-state index contributed by atoms with van der Waals surface area (Å²) in [5.41, 5.74) is 8.50. The summed E-state index contributed by atoms with van der Waals surface area (Å²) in [6.07, 6.45) is 0. The predicted molar refractivity (Wildman–Crippen MR) is 319 cm³/mol. The number of carbonyl (C=O) groups is 2. The number of aryl methyl sites for hydroxylation is 2. The maximum Gasteiger partial charge on any atom is 0.259 e. The average Bonchev–Trinajstić information content (AvgIpc) is 4.37. The molecule has 13 rings (SSSR count). The third-order valence-corrected chi connectivity index (χ3v) is 15.2. The molecule has 2 aromatic heterocycles. The Bertz CT molecular complexity index is 4960. The quantitative estimate of drug-likeness (QED) is 0.0567. The molecule has 2 heterocycles. The highest BCUT2D eigenvalue weighted by molar-refractivity contribution is 6.24. The Kier molecular flexibility index (Phi) is 12.0. The normalized spacial score (nSPS) is 12.0. The third kappa shape index (κ3) is 8.13. The number of aromatic nitrogens is 2. The van der Waals surface area contributed by atoms with Gasteiger partial charge < -0.3 is 40.3 Å². The summed E-state index contributed by atoms with van der Waals surface area (Å²) in [4.78, 5) is 35.4. The highest BCUT2D eigenvalue weighted by atomic mass is 16.5. The number of phenols is 2. The van der Waals surface area contributed by atoms with Crippen LogP contribution in [0.1, 0.15) is 43.0 Å². The van der Waals surface area contributed by atoms with Crippen molar-refractivity contribution < 1.29 is 29.3 Å². The number of amides is 2. The number of hydrogen-bond acceptors (Lipinski definition) is 12. The Morgan fingerprint density at radius 2 is 1.05 bits per heavy atom. The van der Waals surface area contributed by atoms with Crippen molar-refractivity contribution in [1.82, 2.24) is 9.97 Å². The lowest BCUT2D eigenvalue weighted by atomic mass is 9.99. The van der Waals surface area contributed by atoms with Crippen molar-refractivity contribution in [3.05, 3.63) is 197 Å². The highest BCUT2D eigenvalue weighted by Crippen LogP contribution is 2.53. The number of hydrogen-bond donors (Lipinski definition) is 6. The van der Waals surface area contributed by atoms with Crippen molar-refractivity contribution in [2.45, 2.75) is 13.8 Å². The second-order valence-corrected chi connectivity index (χ2v) is 19.8. The summed E-state index contributed by atoms with van der Waals surface area (Å²) in [5.74, 6) is -0.723. The van der Waals surface area contributed by atoms with Crippen molar-refractivity contribution in [2.75, 3.05) is 24.9 Å². The van der Waals surface area contributed by atoms with Gasteiger partial charge in [0.25, 0.3) is 11.8 Å². The smallest absolute Gasteiger partial charge is 0.259 e. The number of carbonyl (C=O) groups excluding carboxylic acids is 2. The number of nitriles is 2. The maximum atomic E-state index is 14.2. The van der Waals surface area contributed by atoms with Crippen LogP contribution in [0.25, 0.3) is 81.9 Å². The lowest BCUT2D eigenvalue weighted by Crippen LogP contribution is -2.13. The van der Waals surface area contributed by atoms with E-state index in [1.165, 1.54) is 0 Å². The number of azo groups is 2. The first-order chi connectivity index (χ1) is 39.9. The molecule has 0 fully saturated rings. The summed E-state index contributed by atoms with van der Waals surface area (Å²) in [5, 5.41) is 76.3. The number of para-hydroxylation sites is 2. The number of ether oxygens (including phenoxy) is 2. The number of methoxy groups -OCH3 is 2. The zero-order valence-corrected chi connectivity index (χ0v) is 44.2. The molecule has 0 atom stereocenters. The van der Waals surface area contributed by atoms with Crippen LogP contribution < -0.4 is 20.1 Å². The molecule has 16 heteroatoms. The number of anilines is 2. The monoisotopic (exact) mass is 1070 g/mol. The number of fused-ring (bicyclic) bond motifs is 13. The van der Waals surface area contributed by atoms with E-state index in [9.17, 15) is 30.3 Å². The van der Waals surface area contributed by atoms with E-state index in [0.29, 0.717) is 94.7 Å². The van der Waals surface area contributed by atoms with E-state index in [4.69, 9.17) is 29.9 Å². The number of aromatic amines is 2. The van der Waals surface area contributed by atoms with Crippen molar-refractivity contribution in [3.8, 4) is 46.3 Å². The molecule has 0 bridgehead atoms. The van der Waals surface area contributed by atoms with Crippen molar-refractivity contribution in [1.29, 1.82) is 10.5 Å². The average molecular weight is 1070 g/mol. The highest BCUT2D eigenvalue weighted by Gasteiger charge is 2.31. The molecule has 394 valence electrons. The summed E-state index contributed by atoms with van der Waals surface area (Å²) in [6.45, 7) is 3.68. The van der Waals surface area contributed by atoms with Gasteiger partial charge in [-0.1, -0.05) is 78.9 Å². The summed E-state index contributed by atoms with van der Waals surface area (Å²) in [7, 11) is 3.13. The standard InChI is InChI=1S/C66H44N10O6/c1-33-26-39(81-3)19-24-50(33)71-65(79)48-28-35-16-21-44-41-10-5-7-13-52(41)69-59(44)56(35)61(63(48)77)75-73-38-18-23-43-47(30-38)55(37(31-67)32-68)46-12-9-15-54(58(43)46)74-76-62-57-36(17-22-45-42-11-6-8-14-53(42)70-60(45)57)29-49(64(62)78)66(80)72-51-25-20-40(82-4)27-34(51)2/h5-30,69-70,77-78H,1-4H3,(H,71,79)(H,72,80). The second kappa shape index (κ2) is 19.7. The fourth-order valence-corrected chi connectivity index (χ4v) is 11.2. The fraction of sp³-hybridized carbons (Fsp3) is 0.0606. The molecule has 2 amide bonds. The van der Waals surface area contributed by atoms with Crippen LogP contribution in [0.15, 0.2) is 184 Å². The molecule has 1 aliphatic carbocycles. The molecule has 1 aliphatic rings. The number of rotatable bonds is 10. The molecular weight excluding hydrogens is 1030 g/mol. The van der Waals surface area contributed by atoms with Crippen LogP contribution in [0.2, 0.25) is 0 Å². The van der Waals surface area contributed by atoms with Gasteiger partial charge in [-0.2, -0.15) is 15.6 Å². The minimum atomic E-state index is -0.578. The number of aromatic hydroxyl groups is 2. The van der Waals surface area contributed by atoms with Gasteiger partial charge in [0.15, 0.2) is 11.5 Å². The molecule has 16 nitrogen and oxygen atoms in total. The number of H-pyrrole nitrogens is 2. The lowest BCUT2D eigenvalue weighted by Gasteiger charge is -2.14. The Morgan fingerprint density at radius 1 is 0.524 bits per heavy atom. The van der Waals surface area contributed by atoms with E-state index >= 15 is 0 Å². The van der Waals surface area contributed by atoms with E-state index in [2.05, 4.69) is 32.7 Å². The van der Waals surface area contributed by atoms with Gasteiger partial charge in [-0.15, -0.1) is 15.3 Å². The van der Waals surface area contributed by atoms with Crippen LogP contribution in [0.4, 0.5) is 34.1 Å². The molecule has 0 spiro atoms. The van der Waals surface area contributed by atoms with Crippen molar-refractivity contribution in [3.63, 3.8) is 0 Å². The van der Waals surface area contributed by atoms with E-state index in [0.717, 1.165) is 43.7 Å². The summed E-state index contributed by atoms with van der Waals surface area (Å²) < 4.78 is 10.7. The van der Waals surface area contributed by atoms with E-state index in [1.54, 1.807) is 99.1 Å². The summed E-state index contributed by atoms with van der Waals surface area (Å²) in [6, 6.07) is 51.7. The predicted octanol–water partition coefficient (Wildman–Crippen LogP) is 16.5. The van der Waals surface area contributed by atoms with Crippen LogP contribution in [0.5, 0.6) is 23.0 Å². The number of allylic oxidation sites excluding steroid dienone is 1. The van der Waals surface area contributed by atoms with E-state index in [-0.39, 0.29) is 28.1 Å². The Balaban J connectivity index is 0.937. The number of nitrogens with zero attached hydrogens (tertiary/aromatic N) is 6. The molecule has 0 aliphatic heterocycles. The first kappa shape index (κ1) is 49.9. The third-order valence-electron chi connectivity index (χ3n) is 15.2. The Hall–Kier alpha value is -11.6. The van der Waals surface area contributed by atoms with Gasteiger partial charge >= 0.3 is 0 Å². The molecule has 6 N–H and O–H groups in total. The first-order valence-corrected chi connectivity index (χ1v) is 25.9. The van der Waals surface area contributed by atoms with Crippen LogP contribution in [0, 0.1) is 36.5 Å². The summed E-state index contributed by atoms with van der Waals surface area (Å²) >= 11 is 0. The minimum absolute atomic E-state index is 0.0288. The number of nitrogens with one attached hydrogen (secondary N) is 4. The van der Waals surface area contributed by atoms with Gasteiger partial charge in [0.1, 0.15) is 40.6 Å².